The van der Waals surface area contributed by atoms with E-state index < -0.39 is 0 Å². The summed E-state index contributed by atoms with van der Waals surface area (Å²) in [4.78, 5) is 4.12. The summed E-state index contributed by atoms with van der Waals surface area (Å²) in [5.74, 6) is 1.78. The fraction of sp³-hybridized carbons (Fsp3) is 0.188. The van der Waals surface area contributed by atoms with Crippen LogP contribution in [0, 0.1) is 0 Å². The molecule has 3 aromatic rings. The van der Waals surface area contributed by atoms with Gasteiger partial charge in [-0.3, -0.25) is 4.40 Å². The van der Waals surface area contributed by atoms with Crippen molar-refractivity contribution in [1.29, 1.82) is 0 Å². The van der Waals surface area contributed by atoms with Crippen LogP contribution in [0.15, 0.2) is 55.0 Å². The Kier molecular flexibility index (Phi) is 4.41. The number of nitrogens with one attached hydrogen (secondary N) is 2. The van der Waals surface area contributed by atoms with E-state index in [0.29, 0.717) is 13.5 Å². The smallest absolute Gasteiger partial charge is 0.119 e. The van der Waals surface area contributed by atoms with Crippen molar-refractivity contribution in [2.75, 3.05) is 31.2 Å². The largest absolute Gasteiger partial charge is 0.497 e. The minimum Gasteiger partial charge on any atom is -0.497 e. The van der Waals surface area contributed by atoms with Crippen molar-refractivity contribution in [3.05, 3.63) is 55.0 Å². The van der Waals surface area contributed by atoms with E-state index in [1.54, 1.807) is 13.4 Å². The van der Waals surface area contributed by atoms with Crippen LogP contribution >= 0.6 is 0 Å². The molecule has 22 heavy (non-hydrogen) atoms. The average molecular weight is 302 g/mol. The molecule has 0 fully saturated rings. The van der Waals surface area contributed by atoms with Gasteiger partial charge in [0, 0.05) is 8.54 Å². The lowest BCUT2D eigenvalue weighted by molar-refractivity contribution is 0.171. The summed E-state index contributed by atoms with van der Waals surface area (Å²) in [7, 11) is 1.65. The van der Waals surface area contributed by atoms with E-state index in [4.69, 9.17) is 9.47 Å². The summed E-state index contributed by atoms with van der Waals surface area (Å²) in [5.41, 5.74) is 2.03. The summed E-state index contributed by atoms with van der Waals surface area (Å²) >= 11 is 0. The van der Waals surface area contributed by atoms with E-state index in [2.05, 4.69) is 15.6 Å². The first-order valence-corrected chi connectivity index (χ1v) is 6.97. The number of anilines is 2. The van der Waals surface area contributed by atoms with Crippen molar-refractivity contribution in [3.8, 4) is 5.75 Å². The highest BCUT2D eigenvalue weighted by atomic mass is 16.5. The Balaban J connectivity index is 0.00000144. The summed E-state index contributed by atoms with van der Waals surface area (Å²) in [6.45, 7) is 0.819. The Bertz CT molecular complexity index is 734. The van der Waals surface area contributed by atoms with Crippen molar-refractivity contribution in [1.82, 2.24) is 9.38 Å². The van der Waals surface area contributed by atoms with E-state index in [-0.39, 0.29) is 2.85 Å². The van der Waals surface area contributed by atoms with Gasteiger partial charge in [-0.05, 0) is 36.4 Å². The minimum absolute atomic E-state index is 0. The molecule has 0 saturated carbocycles. The van der Waals surface area contributed by atoms with Crippen LogP contribution in [0.25, 0.3) is 5.52 Å². The predicted molar refractivity (Wildman–Crippen MR) is 90.5 cm³/mol. The van der Waals surface area contributed by atoms with Crippen LogP contribution in [0.4, 0.5) is 11.5 Å². The molecule has 0 bridgehead atoms. The van der Waals surface area contributed by atoms with Gasteiger partial charge in [0.2, 0.25) is 0 Å². The van der Waals surface area contributed by atoms with E-state index >= 15 is 0 Å². The van der Waals surface area contributed by atoms with E-state index in [0.717, 1.165) is 22.8 Å². The fourth-order valence-electron chi connectivity index (χ4n) is 2.11. The quantitative estimate of drug-likeness (QED) is 0.518. The van der Waals surface area contributed by atoms with Crippen molar-refractivity contribution in [2.45, 2.75) is 0 Å². The average Bonchev–Trinajstić information content (AvgIpc) is 3.04. The summed E-state index contributed by atoms with van der Waals surface area (Å²) in [6, 6.07) is 13.7. The van der Waals surface area contributed by atoms with Crippen molar-refractivity contribution >= 4 is 17.0 Å². The van der Waals surface area contributed by atoms with Crippen LogP contribution in [0.2, 0.25) is 0 Å². The first-order chi connectivity index (χ1) is 10.9. The van der Waals surface area contributed by atoms with Gasteiger partial charge in [-0.25, -0.2) is 4.98 Å². The molecule has 0 aliphatic carbocycles. The molecule has 0 amide bonds. The number of ether oxygens (including phenoxy) is 2. The van der Waals surface area contributed by atoms with E-state index in [1.807, 2.05) is 53.1 Å². The van der Waals surface area contributed by atoms with Crippen molar-refractivity contribution in [3.63, 3.8) is 0 Å². The van der Waals surface area contributed by atoms with Gasteiger partial charge in [0.05, 0.1) is 18.8 Å². The maximum atomic E-state index is 5.54. The zero-order valence-electron chi connectivity index (χ0n) is 12.3. The molecule has 0 spiro atoms. The highest BCUT2D eigenvalue weighted by molar-refractivity contribution is 5.53. The number of aromatic nitrogens is 2. The van der Waals surface area contributed by atoms with Gasteiger partial charge >= 0.3 is 0 Å². The summed E-state index contributed by atoms with van der Waals surface area (Å²) < 4.78 is 12.6. The Morgan fingerprint density at radius 3 is 2.73 bits per heavy atom. The molecule has 0 unspecified atom stereocenters. The van der Waals surface area contributed by atoms with Crippen LogP contribution in [0.1, 0.15) is 2.85 Å². The Labute approximate surface area is 131 Å². The van der Waals surface area contributed by atoms with Crippen LogP contribution in [0.5, 0.6) is 5.75 Å². The SMILES string of the molecule is COc1ccc(NCOCNc2cccc3cncn23)cc1.[HH].[HH]. The number of nitrogens with zero attached hydrogens (tertiary/aromatic N) is 2. The Hall–Kier alpha value is -2.73. The van der Waals surface area contributed by atoms with Crippen LogP contribution in [-0.4, -0.2) is 30.0 Å². The van der Waals surface area contributed by atoms with Gasteiger partial charge in [0.15, 0.2) is 0 Å². The predicted octanol–water partition coefficient (Wildman–Crippen LogP) is 3.29. The number of benzene rings is 1. The zero-order valence-corrected chi connectivity index (χ0v) is 12.3. The summed E-state index contributed by atoms with van der Waals surface area (Å²) in [5, 5.41) is 6.40. The third kappa shape index (κ3) is 3.29. The van der Waals surface area contributed by atoms with E-state index in [9.17, 15) is 0 Å². The van der Waals surface area contributed by atoms with Gasteiger partial charge in [0.25, 0.3) is 0 Å². The zero-order chi connectivity index (χ0) is 15.2. The highest BCUT2D eigenvalue weighted by Gasteiger charge is 1.99. The standard InChI is InChI=1S/C16H18N4O2.2H2/c1-21-15-7-5-13(6-8-15)18-11-22-12-19-16-4-2-3-14-9-17-10-20(14)16;;/h2-10,18-19H,11-12H2,1H3;2*1H. The van der Waals surface area contributed by atoms with Gasteiger partial charge in [-0.1, -0.05) is 6.07 Å². The number of hydrogen-bond donors (Lipinski definition) is 2. The maximum absolute atomic E-state index is 5.54. The molecule has 6 heteroatoms. The molecule has 2 aromatic heterocycles. The van der Waals surface area contributed by atoms with Crippen LogP contribution in [-0.2, 0) is 4.74 Å². The molecule has 2 N–H and O–H groups in total. The lowest BCUT2D eigenvalue weighted by Crippen LogP contribution is -2.13. The number of pyridine rings is 1. The third-order valence-electron chi connectivity index (χ3n) is 3.27. The van der Waals surface area contributed by atoms with E-state index in [1.165, 1.54) is 0 Å². The Morgan fingerprint density at radius 1 is 1.09 bits per heavy atom. The molecule has 0 aliphatic heterocycles. The molecule has 0 aliphatic rings. The number of methoxy groups -OCH3 is 1. The van der Waals surface area contributed by atoms with Crippen molar-refractivity contribution < 1.29 is 12.3 Å². The molecule has 0 saturated heterocycles. The molecule has 1 aromatic carbocycles. The van der Waals surface area contributed by atoms with Crippen molar-refractivity contribution in [2.24, 2.45) is 0 Å². The monoisotopic (exact) mass is 302 g/mol. The molecular weight excluding hydrogens is 280 g/mol. The first-order valence-electron chi connectivity index (χ1n) is 6.97. The molecular formula is C16H22N4O2. The highest BCUT2D eigenvalue weighted by Crippen LogP contribution is 2.14. The second-order valence-corrected chi connectivity index (χ2v) is 4.67. The third-order valence-corrected chi connectivity index (χ3v) is 3.27. The van der Waals surface area contributed by atoms with Crippen LogP contribution in [0.3, 0.4) is 0 Å². The number of hydrogen-bond acceptors (Lipinski definition) is 5. The number of rotatable bonds is 7. The molecule has 2 heterocycles. The molecule has 3 rings (SSSR count). The molecule has 118 valence electrons. The number of fused-ring (bicyclic) bond motifs is 1. The lowest BCUT2D eigenvalue weighted by Gasteiger charge is -2.11. The summed E-state index contributed by atoms with van der Waals surface area (Å²) in [6.07, 6.45) is 3.59. The molecule has 0 radical (unpaired) electrons. The molecule has 0 atom stereocenters. The van der Waals surface area contributed by atoms with Gasteiger partial charge < -0.3 is 20.1 Å². The van der Waals surface area contributed by atoms with Gasteiger partial charge in [0.1, 0.15) is 31.4 Å². The first kappa shape index (κ1) is 14.2. The number of imidazole rings is 1. The normalized spacial score (nSPS) is 10.6. The minimum atomic E-state index is 0. The molecule has 6 nitrogen and oxygen atoms in total. The fourth-order valence-corrected chi connectivity index (χ4v) is 2.11. The second kappa shape index (κ2) is 6.82. The maximum Gasteiger partial charge on any atom is 0.119 e. The Morgan fingerprint density at radius 2 is 1.91 bits per heavy atom. The van der Waals surface area contributed by atoms with Gasteiger partial charge in [-0.15, -0.1) is 0 Å². The topological polar surface area (TPSA) is 59.8 Å². The second-order valence-electron chi connectivity index (χ2n) is 4.67. The lowest BCUT2D eigenvalue weighted by atomic mass is 10.3. The van der Waals surface area contributed by atoms with Crippen LogP contribution < -0.4 is 15.4 Å². The van der Waals surface area contributed by atoms with Gasteiger partial charge in [-0.2, -0.15) is 0 Å².